The summed E-state index contributed by atoms with van der Waals surface area (Å²) in [6.45, 7) is 2.89. The highest BCUT2D eigenvalue weighted by atomic mass is 16.6. The van der Waals surface area contributed by atoms with Gasteiger partial charge in [-0.15, -0.1) is 0 Å². The molecule has 2 rings (SSSR count). The lowest BCUT2D eigenvalue weighted by atomic mass is 10.1. The van der Waals surface area contributed by atoms with E-state index in [2.05, 4.69) is 5.32 Å². The zero-order valence-corrected chi connectivity index (χ0v) is 14.7. The summed E-state index contributed by atoms with van der Waals surface area (Å²) in [7, 11) is 2.92. The summed E-state index contributed by atoms with van der Waals surface area (Å²) < 4.78 is 25.7. The molecule has 1 aromatic heterocycles. The molecule has 1 amide bonds. The Morgan fingerprint density at radius 1 is 1.23 bits per heavy atom. The van der Waals surface area contributed by atoms with Crippen molar-refractivity contribution >= 4 is 17.9 Å². The molecule has 9 heteroatoms. The van der Waals surface area contributed by atoms with Gasteiger partial charge in [-0.2, -0.15) is 0 Å². The molecule has 1 heterocycles. The second-order valence-corrected chi connectivity index (χ2v) is 4.94. The lowest BCUT2D eigenvalue weighted by Gasteiger charge is -2.08. The van der Waals surface area contributed by atoms with Crippen LogP contribution in [0.3, 0.4) is 0 Å². The van der Waals surface area contributed by atoms with Crippen molar-refractivity contribution in [3.8, 4) is 34.3 Å². The van der Waals surface area contributed by atoms with Crippen molar-refractivity contribution in [1.82, 2.24) is 0 Å². The van der Waals surface area contributed by atoms with Gasteiger partial charge in [-0.1, -0.05) is 0 Å². The molecule has 0 bridgehead atoms. The van der Waals surface area contributed by atoms with Crippen LogP contribution in [-0.2, 0) is 9.53 Å². The van der Waals surface area contributed by atoms with E-state index in [-0.39, 0.29) is 24.0 Å². The van der Waals surface area contributed by atoms with E-state index in [0.29, 0.717) is 17.1 Å². The number of carbonyl (C=O) groups is 2. The second-order valence-electron chi connectivity index (χ2n) is 4.94. The highest BCUT2D eigenvalue weighted by Gasteiger charge is 2.27. The van der Waals surface area contributed by atoms with Crippen molar-refractivity contribution in [2.45, 2.75) is 13.8 Å². The van der Waals surface area contributed by atoms with E-state index in [1.165, 1.54) is 14.2 Å². The van der Waals surface area contributed by atoms with E-state index in [1.54, 1.807) is 25.1 Å². The second kappa shape index (κ2) is 8.15. The van der Waals surface area contributed by atoms with Crippen LogP contribution in [0.15, 0.2) is 22.6 Å². The van der Waals surface area contributed by atoms with Crippen LogP contribution < -0.4 is 19.5 Å². The van der Waals surface area contributed by atoms with Crippen molar-refractivity contribution in [2.75, 3.05) is 26.1 Å². The van der Waals surface area contributed by atoms with E-state index in [1.807, 2.05) is 0 Å². The minimum Gasteiger partial charge on any atom is -0.502 e. The maximum atomic E-state index is 11.7. The Kier molecular flexibility index (Phi) is 5.94. The fourth-order valence-electron chi connectivity index (χ4n) is 2.16. The first-order valence-corrected chi connectivity index (χ1v) is 7.61. The largest absolute Gasteiger partial charge is 0.502 e. The van der Waals surface area contributed by atoms with Crippen LogP contribution in [0.25, 0.3) is 11.3 Å². The average molecular weight is 365 g/mol. The lowest BCUT2D eigenvalue weighted by Crippen LogP contribution is -2.14. The molecular formula is C17H19NO8. The third kappa shape index (κ3) is 4.00. The molecule has 0 aliphatic heterocycles. The SMILES string of the molecule is CCOC(=O)Nc1oc(-c2cc(OC)ccc2OC)c(O)c1OC(C)=O. The number of nitrogens with one attached hydrogen (secondary N) is 1. The lowest BCUT2D eigenvalue weighted by molar-refractivity contribution is -0.132. The quantitative estimate of drug-likeness (QED) is 0.750. The van der Waals surface area contributed by atoms with Crippen LogP contribution in [0.2, 0.25) is 0 Å². The smallest absolute Gasteiger partial charge is 0.414 e. The Balaban J connectivity index is 2.57. The van der Waals surface area contributed by atoms with E-state index in [4.69, 9.17) is 23.4 Å². The van der Waals surface area contributed by atoms with Gasteiger partial charge < -0.3 is 28.5 Å². The minimum atomic E-state index is -0.834. The monoisotopic (exact) mass is 365 g/mol. The molecule has 0 saturated heterocycles. The van der Waals surface area contributed by atoms with E-state index in [9.17, 15) is 14.7 Å². The number of amides is 1. The van der Waals surface area contributed by atoms with Gasteiger partial charge >= 0.3 is 12.1 Å². The highest BCUT2D eigenvalue weighted by molar-refractivity contribution is 5.89. The van der Waals surface area contributed by atoms with E-state index < -0.39 is 17.8 Å². The number of ether oxygens (including phenoxy) is 4. The molecular weight excluding hydrogens is 346 g/mol. The molecule has 2 N–H and O–H groups in total. The van der Waals surface area contributed by atoms with Crippen molar-refractivity contribution < 1.29 is 38.1 Å². The number of furan rings is 1. The third-order valence-corrected chi connectivity index (χ3v) is 3.23. The van der Waals surface area contributed by atoms with Crippen molar-refractivity contribution in [3.63, 3.8) is 0 Å². The van der Waals surface area contributed by atoms with Crippen LogP contribution >= 0.6 is 0 Å². The summed E-state index contributed by atoms with van der Waals surface area (Å²) in [5, 5.41) is 12.8. The molecule has 1 aromatic carbocycles. The van der Waals surface area contributed by atoms with Crippen LogP contribution in [0, 0.1) is 0 Å². The molecule has 2 aromatic rings. The molecule has 0 unspecified atom stereocenters. The number of rotatable bonds is 6. The maximum absolute atomic E-state index is 11.7. The predicted octanol–water partition coefficient (Wildman–Crippen LogP) is 3.16. The number of hydrogen-bond acceptors (Lipinski definition) is 8. The molecule has 0 atom stereocenters. The van der Waals surface area contributed by atoms with Gasteiger partial charge in [0.05, 0.1) is 26.4 Å². The van der Waals surface area contributed by atoms with Gasteiger partial charge in [-0.3, -0.25) is 10.1 Å². The number of benzene rings is 1. The van der Waals surface area contributed by atoms with E-state index >= 15 is 0 Å². The Morgan fingerprint density at radius 3 is 2.54 bits per heavy atom. The van der Waals surface area contributed by atoms with Crippen molar-refractivity contribution in [3.05, 3.63) is 18.2 Å². The summed E-state index contributed by atoms with van der Waals surface area (Å²) in [6, 6.07) is 4.83. The van der Waals surface area contributed by atoms with Gasteiger partial charge in [-0.25, -0.2) is 4.79 Å². The van der Waals surface area contributed by atoms with Crippen LogP contribution in [0.1, 0.15) is 13.8 Å². The molecule has 140 valence electrons. The Hall–Kier alpha value is -3.36. The normalized spacial score (nSPS) is 10.2. The zero-order chi connectivity index (χ0) is 19.3. The number of esters is 1. The minimum absolute atomic E-state index is 0.0798. The van der Waals surface area contributed by atoms with Gasteiger partial charge in [0.2, 0.25) is 11.5 Å². The fourth-order valence-corrected chi connectivity index (χ4v) is 2.16. The topological polar surface area (TPSA) is 116 Å². The Morgan fingerprint density at radius 2 is 1.96 bits per heavy atom. The molecule has 26 heavy (non-hydrogen) atoms. The Bertz CT molecular complexity index is 811. The fraction of sp³-hybridized carbons (Fsp3) is 0.294. The zero-order valence-electron chi connectivity index (χ0n) is 14.7. The summed E-state index contributed by atoms with van der Waals surface area (Å²) in [5.41, 5.74) is 0.328. The molecule has 0 aliphatic rings. The standard InChI is InChI=1S/C17H19NO8/c1-5-24-17(21)18-16-15(25-9(2)19)13(20)14(26-16)11-8-10(22-3)6-7-12(11)23-4/h6-8,20H,5H2,1-4H3,(H,18,21). The van der Waals surface area contributed by atoms with Gasteiger partial charge in [0.15, 0.2) is 5.76 Å². The summed E-state index contributed by atoms with van der Waals surface area (Å²) in [6.07, 6.45) is -0.834. The number of hydrogen-bond donors (Lipinski definition) is 2. The number of methoxy groups -OCH3 is 2. The molecule has 0 saturated carbocycles. The molecule has 0 fully saturated rings. The van der Waals surface area contributed by atoms with Crippen molar-refractivity contribution in [1.29, 1.82) is 0 Å². The van der Waals surface area contributed by atoms with E-state index in [0.717, 1.165) is 6.92 Å². The van der Waals surface area contributed by atoms with Crippen LogP contribution in [0.5, 0.6) is 23.0 Å². The van der Waals surface area contributed by atoms with Gasteiger partial charge in [0.1, 0.15) is 11.5 Å². The molecule has 0 spiro atoms. The Labute approximate surface area is 149 Å². The van der Waals surface area contributed by atoms with Crippen molar-refractivity contribution in [2.24, 2.45) is 0 Å². The van der Waals surface area contributed by atoms with Gasteiger partial charge in [-0.05, 0) is 25.1 Å². The molecule has 9 nitrogen and oxygen atoms in total. The number of anilines is 1. The predicted molar refractivity (Wildman–Crippen MR) is 90.9 cm³/mol. The van der Waals surface area contributed by atoms with Crippen LogP contribution in [0.4, 0.5) is 10.7 Å². The van der Waals surface area contributed by atoms with Gasteiger partial charge in [0, 0.05) is 6.92 Å². The summed E-state index contributed by atoms with van der Waals surface area (Å²) in [4.78, 5) is 23.0. The summed E-state index contributed by atoms with van der Waals surface area (Å²) >= 11 is 0. The number of aromatic hydroxyl groups is 1. The third-order valence-electron chi connectivity index (χ3n) is 3.23. The molecule has 0 aliphatic carbocycles. The summed E-state index contributed by atoms with van der Waals surface area (Å²) in [5.74, 6) is -1.06. The average Bonchev–Trinajstić information content (AvgIpc) is 2.90. The first-order valence-electron chi connectivity index (χ1n) is 7.61. The molecule has 0 radical (unpaired) electrons. The number of carbonyl (C=O) groups excluding carboxylic acids is 2. The highest BCUT2D eigenvalue weighted by Crippen LogP contribution is 2.49. The first-order chi connectivity index (χ1) is 12.4. The first kappa shape index (κ1) is 19.0. The maximum Gasteiger partial charge on any atom is 0.414 e. The van der Waals surface area contributed by atoms with Gasteiger partial charge in [0.25, 0.3) is 5.88 Å². The van der Waals surface area contributed by atoms with Crippen LogP contribution in [-0.4, -0.2) is 38.0 Å².